The Morgan fingerprint density at radius 3 is 2.81 bits per heavy atom. The molecule has 1 aliphatic rings. The average Bonchev–Trinajstić information content (AvgIpc) is 3.27. The molecule has 0 N–H and O–H groups in total. The quantitative estimate of drug-likeness (QED) is 0.568. The summed E-state index contributed by atoms with van der Waals surface area (Å²) in [5.74, 6) is 3.13. The molecule has 2 heterocycles. The van der Waals surface area contributed by atoms with Crippen molar-refractivity contribution in [3.8, 4) is 11.5 Å². The number of carbonyl (C=O) groups is 1. The number of aromatic nitrogens is 1. The number of piperidine rings is 1. The van der Waals surface area contributed by atoms with E-state index in [1.54, 1.807) is 13.3 Å². The molecule has 0 aliphatic carbocycles. The second-order valence-corrected chi connectivity index (χ2v) is 7.93. The number of aryl methyl sites for hydroxylation is 1. The van der Waals surface area contributed by atoms with Gasteiger partial charge in [0.05, 0.1) is 19.2 Å². The summed E-state index contributed by atoms with van der Waals surface area (Å²) in [7, 11) is 1.67. The van der Waals surface area contributed by atoms with E-state index in [9.17, 15) is 4.79 Å². The van der Waals surface area contributed by atoms with Crippen molar-refractivity contribution in [2.45, 2.75) is 32.1 Å². The van der Waals surface area contributed by atoms with Gasteiger partial charge < -0.3 is 18.8 Å². The predicted octanol–water partition coefficient (Wildman–Crippen LogP) is 4.37. The van der Waals surface area contributed by atoms with Crippen molar-refractivity contribution < 1.29 is 18.7 Å². The zero-order valence-corrected chi connectivity index (χ0v) is 18.0. The van der Waals surface area contributed by atoms with Gasteiger partial charge >= 0.3 is 0 Å². The van der Waals surface area contributed by atoms with Gasteiger partial charge in [0.2, 0.25) is 0 Å². The second kappa shape index (κ2) is 9.69. The average molecular weight is 421 g/mol. The molecule has 3 aromatic rings. The summed E-state index contributed by atoms with van der Waals surface area (Å²) >= 11 is 0. The fourth-order valence-electron chi connectivity index (χ4n) is 3.91. The van der Waals surface area contributed by atoms with Crippen molar-refractivity contribution in [1.29, 1.82) is 0 Å². The van der Waals surface area contributed by atoms with Crippen LogP contribution in [0, 0.1) is 6.92 Å². The van der Waals surface area contributed by atoms with Gasteiger partial charge in [0.25, 0.3) is 5.91 Å². The van der Waals surface area contributed by atoms with Crippen molar-refractivity contribution in [3.05, 3.63) is 77.5 Å². The van der Waals surface area contributed by atoms with Crippen LogP contribution in [-0.2, 0) is 11.2 Å². The van der Waals surface area contributed by atoms with Crippen molar-refractivity contribution >= 4 is 5.91 Å². The van der Waals surface area contributed by atoms with Crippen LogP contribution in [0.3, 0.4) is 0 Å². The first kappa shape index (κ1) is 21.0. The maximum absolute atomic E-state index is 12.7. The van der Waals surface area contributed by atoms with Gasteiger partial charge in [0.15, 0.2) is 12.5 Å². The van der Waals surface area contributed by atoms with E-state index < -0.39 is 0 Å². The van der Waals surface area contributed by atoms with Crippen LogP contribution in [0.5, 0.6) is 11.5 Å². The van der Waals surface area contributed by atoms with Crippen LogP contribution in [0.2, 0.25) is 0 Å². The number of hydrogen-bond acceptors (Lipinski definition) is 5. The smallest absolute Gasteiger partial charge is 0.260 e. The third-order valence-corrected chi connectivity index (χ3v) is 5.64. The first-order chi connectivity index (χ1) is 15.1. The van der Waals surface area contributed by atoms with Gasteiger partial charge in [-0.05, 0) is 38.0 Å². The van der Waals surface area contributed by atoms with Crippen LogP contribution in [0.4, 0.5) is 0 Å². The Morgan fingerprint density at radius 1 is 1.19 bits per heavy atom. The minimum Gasteiger partial charge on any atom is -0.496 e. The van der Waals surface area contributed by atoms with Gasteiger partial charge in [-0.2, -0.15) is 0 Å². The molecule has 4 rings (SSSR count). The summed E-state index contributed by atoms with van der Waals surface area (Å²) in [4.78, 5) is 19.0. The van der Waals surface area contributed by atoms with Crippen LogP contribution in [0.15, 0.2) is 59.1 Å². The highest BCUT2D eigenvalue weighted by atomic mass is 16.5. The Labute approximate surface area is 182 Å². The third-order valence-electron chi connectivity index (χ3n) is 5.64. The monoisotopic (exact) mass is 420 g/mol. The second-order valence-electron chi connectivity index (χ2n) is 7.93. The lowest BCUT2D eigenvalue weighted by molar-refractivity contribution is -0.134. The summed E-state index contributed by atoms with van der Waals surface area (Å²) in [5, 5.41) is 0. The molecule has 31 heavy (non-hydrogen) atoms. The van der Waals surface area contributed by atoms with Crippen molar-refractivity contribution in [2.24, 2.45) is 0 Å². The van der Waals surface area contributed by atoms with E-state index in [1.165, 1.54) is 0 Å². The van der Waals surface area contributed by atoms with E-state index in [1.807, 2.05) is 60.4 Å². The lowest BCUT2D eigenvalue weighted by Gasteiger charge is -2.31. The third kappa shape index (κ3) is 5.26. The van der Waals surface area contributed by atoms with Gasteiger partial charge in [0.1, 0.15) is 17.3 Å². The molecule has 1 saturated heterocycles. The molecule has 6 nitrogen and oxygen atoms in total. The molecule has 0 saturated carbocycles. The van der Waals surface area contributed by atoms with E-state index in [2.05, 4.69) is 4.98 Å². The van der Waals surface area contributed by atoms with E-state index in [0.29, 0.717) is 24.6 Å². The predicted molar refractivity (Wildman–Crippen MR) is 118 cm³/mol. The van der Waals surface area contributed by atoms with Gasteiger partial charge in [-0.3, -0.25) is 4.79 Å². The largest absolute Gasteiger partial charge is 0.496 e. The zero-order valence-electron chi connectivity index (χ0n) is 18.0. The number of ether oxygens (including phenoxy) is 2. The molecule has 6 heteroatoms. The standard InChI is InChI=1S/C25H28N2O4/c1-18-9-11-21(12-10-18)30-17-24(28)27-13-5-7-20(16-27)25-26-15-22(31-25)14-19-6-3-4-8-23(19)29-2/h3-4,6,8-12,15,20H,5,7,13-14,16-17H2,1-2H3/t20-/m0/s1. The van der Waals surface area contributed by atoms with Crippen LogP contribution < -0.4 is 9.47 Å². The molecule has 1 aliphatic heterocycles. The van der Waals surface area contributed by atoms with E-state index in [4.69, 9.17) is 13.9 Å². The van der Waals surface area contributed by atoms with E-state index in [-0.39, 0.29) is 18.4 Å². The van der Waals surface area contributed by atoms with E-state index in [0.717, 1.165) is 42.0 Å². The molecular weight excluding hydrogens is 392 g/mol. The minimum atomic E-state index is -0.00826. The molecular formula is C25H28N2O4. The van der Waals surface area contributed by atoms with Gasteiger partial charge in [-0.15, -0.1) is 0 Å². The molecule has 1 amide bonds. The first-order valence-electron chi connectivity index (χ1n) is 10.7. The summed E-state index contributed by atoms with van der Waals surface area (Å²) < 4.78 is 17.2. The number of rotatable bonds is 7. The minimum absolute atomic E-state index is 0.00826. The molecule has 0 spiro atoms. The van der Waals surface area contributed by atoms with E-state index >= 15 is 0 Å². The Morgan fingerprint density at radius 2 is 2.00 bits per heavy atom. The highest BCUT2D eigenvalue weighted by Gasteiger charge is 2.28. The lowest BCUT2D eigenvalue weighted by Crippen LogP contribution is -2.41. The number of hydrogen-bond donors (Lipinski definition) is 0. The number of benzene rings is 2. The summed E-state index contributed by atoms with van der Waals surface area (Å²) in [6.07, 6.45) is 4.28. The van der Waals surface area contributed by atoms with Crippen LogP contribution in [0.1, 0.15) is 41.5 Å². The number of amides is 1. The highest BCUT2D eigenvalue weighted by molar-refractivity contribution is 5.78. The summed E-state index contributed by atoms with van der Waals surface area (Å²) in [6, 6.07) is 15.6. The summed E-state index contributed by atoms with van der Waals surface area (Å²) in [5.41, 5.74) is 2.22. The molecule has 162 valence electrons. The number of oxazole rings is 1. The van der Waals surface area contributed by atoms with Gasteiger partial charge in [-0.25, -0.2) is 4.98 Å². The zero-order chi connectivity index (χ0) is 21.6. The fourth-order valence-corrected chi connectivity index (χ4v) is 3.91. The SMILES string of the molecule is COc1ccccc1Cc1cnc([C@H]2CCCN(C(=O)COc3ccc(C)cc3)C2)o1. The van der Waals surface area contributed by atoms with Crippen molar-refractivity contribution in [1.82, 2.24) is 9.88 Å². The highest BCUT2D eigenvalue weighted by Crippen LogP contribution is 2.28. The molecule has 0 radical (unpaired) electrons. The van der Waals surface area contributed by atoms with Gasteiger partial charge in [-0.1, -0.05) is 35.9 Å². The normalized spacial score (nSPS) is 16.2. The number of para-hydroxylation sites is 1. The number of nitrogens with zero attached hydrogens (tertiary/aromatic N) is 2. The first-order valence-corrected chi connectivity index (χ1v) is 10.7. The van der Waals surface area contributed by atoms with Crippen molar-refractivity contribution in [3.63, 3.8) is 0 Å². The van der Waals surface area contributed by atoms with Crippen LogP contribution >= 0.6 is 0 Å². The van der Waals surface area contributed by atoms with Crippen LogP contribution in [-0.4, -0.2) is 42.6 Å². The lowest BCUT2D eigenvalue weighted by atomic mass is 9.98. The van der Waals surface area contributed by atoms with Crippen molar-refractivity contribution in [2.75, 3.05) is 26.8 Å². The van der Waals surface area contributed by atoms with Crippen LogP contribution in [0.25, 0.3) is 0 Å². The Bertz CT molecular complexity index is 1010. The molecule has 1 aromatic heterocycles. The summed E-state index contributed by atoms with van der Waals surface area (Å²) in [6.45, 7) is 3.40. The molecule has 2 aromatic carbocycles. The fraction of sp³-hybridized carbons (Fsp3) is 0.360. The molecule has 1 atom stereocenters. The molecule has 0 bridgehead atoms. The number of carbonyl (C=O) groups excluding carboxylic acids is 1. The number of likely N-dealkylation sites (tertiary alicyclic amines) is 1. The topological polar surface area (TPSA) is 64.8 Å². The Kier molecular flexibility index (Phi) is 6.55. The maximum Gasteiger partial charge on any atom is 0.260 e. The Hall–Kier alpha value is -3.28. The molecule has 0 unspecified atom stereocenters. The Balaban J connectivity index is 1.35. The number of methoxy groups -OCH3 is 1. The van der Waals surface area contributed by atoms with Gasteiger partial charge in [0, 0.05) is 25.1 Å². The molecule has 1 fully saturated rings. The maximum atomic E-state index is 12.7.